The predicted octanol–water partition coefficient (Wildman–Crippen LogP) is 4.59. The van der Waals surface area contributed by atoms with Gasteiger partial charge in [0.25, 0.3) is 0 Å². The molecule has 0 fully saturated rings. The molecule has 0 spiro atoms. The fourth-order valence-corrected chi connectivity index (χ4v) is 3.32. The summed E-state index contributed by atoms with van der Waals surface area (Å²) < 4.78 is 1.84. The lowest BCUT2D eigenvalue weighted by molar-refractivity contribution is 0.894. The van der Waals surface area contributed by atoms with Crippen LogP contribution in [0.1, 0.15) is 5.56 Å². The van der Waals surface area contributed by atoms with Crippen molar-refractivity contribution in [3.8, 4) is 5.69 Å². The zero-order valence-electron chi connectivity index (χ0n) is 14.0. The Labute approximate surface area is 150 Å². The lowest BCUT2D eigenvalue weighted by Gasteiger charge is -2.10. The second-order valence-electron chi connectivity index (χ2n) is 5.68. The molecule has 4 rings (SSSR count). The van der Waals surface area contributed by atoms with E-state index in [-0.39, 0.29) is 0 Å². The molecule has 0 saturated heterocycles. The monoisotopic (exact) mass is 347 g/mol. The van der Waals surface area contributed by atoms with E-state index in [1.54, 1.807) is 18.1 Å². The van der Waals surface area contributed by atoms with E-state index >= 15 is 0 Å². The van der Waals surface area contributed by atoms with Gasteiger partial charge in [0, 0.05) is 4.90 Å². The standard InChI is InChI=1S/C19H17N5S/c1-13-6-5-7-14(10-13)24-19-15(11-22-24)18(20-12-21-19)23-16-8-3-4-9-17(16)25-2/h3-12H,1-2H3,(H,20,21,23). The summed E-state index contributed by atoms with van der Waals surface area (Å²) in [5, 5.41) is 8.83. The molecule has 124 valence electrons. The Morgan fingerprint density at radius 3 is 2.76 bits per heavy atom. The quantitative estimate of drug-likeness (QED) is 0.547. The smallest absolute Gasteiger partial charge is 0.168 e. The number of para-hydroxylation sites is 1. The second kappa shape index (κ2) is 6.57. The molecule has 25 heavy (non-hydrogen) atoms. The predicted molar refractivity (Wildman–Crippen MR) is 103 cm³/mol. The Morgan fingerprint density at radius 1 is 1.04 bits per heavy atom. The fraction of sp³-hybridized carbons (Fsp3) is 0.105. The van der Waals surface area contributed by atoms with E-state index in [9.17, 15) is 0 Å². The van der Waals surface area contributed by atoms with Gasteiger partial charge in [-0.3, -0.25) is 0 Å². The number of anilines is 2. The zero-order valence-corrected chi connectivity index (χ0v) is 14.8. The van der Waals surface area contributed by atoms with E-state index in [1.165, 1.54) is 10.5 Å². The van der Waals surface area contributed by atoms with Crippen LogP contribution < -0.4 is 5.32 Å². The molecule has 0 aliphatic carbocycles. The van der Waals surface area contributed by atoms with E-state index in [1.807, 2.05) is 41.2 Å². The van der Waals surface area contributed by atoms with Crippen LogP contribution in [0.3, 0.4) is 0 Å². The van der Waals surface area contributed by atoms with Gasteiger partial charge >= 0.3 is 0 Å². The maximum atomic E-state index is 4.52. The van der Waals surface area contributed by atoms with Crippen molar-refractivity contribution >= 4 is 34.3 Å². The minimum absolute atomic E-state index is 0.755. The van der Waals surface area contributed by atoms with Crippen molar-refractivity contribution in [2.45, 2.75) is 11.8 Å². The van der Waals surface area contributed by atoms with Gasteiger partial charge in [0.1, 0.15) is 12.1 Å². The first-order chi connectivity index (χ1) is 12.3. The van der Waals surface area contributed by atoms with Crippen LogP contribution in [0.5, 0.6) is 0 Å². The van der Waals surface area contributed by atoms with Gasteiger partial charge in [-0.15, -0.1) is 11.8 Å². The van der Waals surface area contributed by atoms with Crippen LogP contribution in [0, 0.1) is 6.92 Å². The third-order valence-corrected chi connectivity index (χ3v) is 4.77. The number of benzene rings is 2. The minimum Gasteiger partial charge on any atom is -0.339 e. The SMILES string of the molecule is CSc1ccccc1Nc1ncnc2c1cnn2-c1cccc(C)c1. The van der Waals surface area contributed by atoms with Crippen molar-refractivity contribution in [2.24, 2.45) is 0 Å². The lowest BCUT2D eigenvalue weighted by atomic mass is 10.2. The summed E-state index contributed by atoms with van der Waals surface area (Å²) in [6, 6.07) is 16.4. The van der Waals surface area contributed by atoms with Gasteiger partial charge in [-0.05, 0) is 43.0 Å². The first-order valence-corrected chi connectivity index (χ1v) is 9.14. The number of fused-ring (bicyclic) bond motifs is 1. The van der Waals surface area contributed by atoms with Crippen LogP contribution in [-0.4, -0.2) is 26.0 Å². The molecule has 4 aromatic rings. The number of aryl methyl sites for hydroxylation is 1. The van der Waals surface area contributed by atoms with E-state index in [2.05, 4.69) is 51.8 Å². The average Bonchev–Trinajstić information content (AvgIpc) is 3.07. The number of hydrogen-bond donors (Lipinski definition) is 1. The summed E-state index contributed by atoms with van der Waals surface area (Å²) in [4.78, 5) is 10.0. The Balaban J connectivity index is 1.79. The molecule has 2 aromatic carbocycles. The Kier molecular flexibility index (Phi) is 4.11. The number of thioether (sulfide) groups is 1. The highest BCUT2D eigenvalue weighted by Crippen LogP contribution is 2.30. The summed E-state index contributed by atoms with van der Waals surface area (Å²) in [6.07, 6.45) is 5.44. The van der Waals surface area contributed by atoms with Gasteiger partial charge < -0.3 is 5.32 Å². The van der Waals surface area contributed by atoms with Crippen molar-refractivity contribution in [2.75, 3.05) is 11.6 Å². The zero-order chi connectivity index (χ0) is 17.2. The molecule has 0 bridgehead atoms. The van der Waals surface area contributed by atoms with E-state index < -0.39 is 0 Å². The minimum atomic E-state index is 0.755. The average molecular weight is 347 g/mol. The Morgan fingerprint density at radius 2 is 1.92 bits per heavy atom. The van der Waals surface area contributed by atoms with Crippen LogP contribution in [-0.2, 0) is 0 Å². The molecule has 1 N–H and O–H groups in total. The number of nitrogens with zero attached hydrogens (tertiary/aromatic N) is 4. The molecule has 0 aliphatic rings. The Bertz CT molecular complexity index is 1040. The van der Waals surface area contributed by atoms with Crippen LogP contribution >= 0.6 is 11.8 Å². The van der Waals surface area contributed by atoms with Gasteiger partial charge in [-0.1, -0.05) is 24.3 Å². The summed E-state index contributed by atoms with van der Waals surface area (Å²) in [7, 11) is 0. The van der Waals surface area contributed by atoms with Gasteiger partial charge in [0.05, 0.1) is 23.0 Å². The molecule has 2 aromatic heterocycles. The first kappa shape index (κ1) is 15.7. The van der Waals surface area contributed by atoms with Crippen molar-refractivity contribution < 1.29 is 0 Å². The van der Waals surface area contributed by atoms with E-state index in [0.717, 1.165) is 28.2 Å². The number of nitrogens with one attached hydrogen (secondary N) is 1. The molecular formula is C19H17N5S. The van der Waals surface area contributed by atoms with Crippen LogP contribution in [0.15, 0.2) is 66.0 Å². The maximum absolute atomic E-state index is 4.52. The molecule has 6 heteroatoms. The third-order valence-electron chi connectivity index (χ3n) is 3.97. The number of rotatable bonds is 4. The molecule has 0 atom stereocenters. The second-order valence-corrected chi connectivity index (χ2v) is 6.53. The molecule has 0 aliphatic heterocycles. The molecule has 0 saturated carbocycles. The third kappa shape index (κ3) is 2.96. The summed E-state index contributed by atoms with van der Waals surface area (Å²) in [5.74, 6) is 0.755. The van der Waals surface area contributed by atoms with Gasteiger partial charge in [-0.25, -0.2) is 14.6 Å². The molecule has 0 unspecified atom stereocenters. The van der Waals surface area contributed by atoms with Gasteiger partial charge in [-0.2, -0.15) is 5.10 Å². The molecule has 2 heterocycles. The summed E-state index contributed by atoms with van der Waals surface area (Å²) >= 11 is 1.70. The van der Waals surface area contributed by atoms with Crippen LogP contribution in [0.25, 0.3) is 16.7 Å². The highest BCUT2D eigenvalue weighted by atomic mass is 32.2. The van der Waals surface area contributed by atoms with Crippen molar-refractivity contribution in [3.63, 3.8) is 0 Å². The van der Waals surface area contributed by atoms with E-state index in [0.29, 0.717) is 0 Å². The molecular weight excluding hydrogens is 330 g/mol. The van der Waals surface area contributed by atoms with Crippen LogP contribution in [0.2, 0.25) is 0 Å². The van der Waals surface area contributed by atoms with E-state index in [4.69, 9.17) is 0 Å². The van der Waals surface area contributed by atoms with Gasteiger partial charge in [0.2, 0.25) is 0 Å². The van der Waals surface area contributed by atoms with Crippen molar-refractivity contribution in [1.29, 1.82) is 0 Å². The summed E-state index contributed by atoms with van der Waals surface area (Å²) in [5.41, 5.74) is 3.98. The maximum Gasteiger partial charge on any atom is 0.168 e. The van der Waals surface area contributed by atoms with Crippen molar-refractivity contribution in [3.05, 3.63) is 66.6 Å². The first-order valence-electron chi connectivity index (χ1n) is 7.92. The molecule has 0 radical (unpaired) electrons. The van der Waals surface area contributed by atoms with Crippen LogP contribution in [0.4, 0.5) is 11.5 Å². The largest absolute Gasteiger partial charge is 0.339 e. The van der Waals surface area contributed by atoms with Gasteiger partial charge in [0.15, 0.2) is 5.65 Å². The lowest BCUT2D eigenvalue weighted by Crippen LogP contribution is -2.00. The highest BCUT2D eigenvalue weighted by molar-refractivity contribution is 7.98. The fourth-order valence-electron chi connectivity index (χ4n) is 2.77. The number of aromatic nitrogens is 4. The summed E-state index contributed by atoms with van der Waals surface area (Å²) in [6.45, 7) is 2.07. The molecule has 5 nitrogen and oxygen atoms in total. The Hall–Kier alpha value is -2.86. The normalized spacial score (nSPS) is 11.0. The molecule has 0 amide bonds. The number of hydrogen-bond acceptors (Lipinski definition) is 5. The highest BCUT2D eigenvalue weighted by Gasteiger charge is 2.12. The topological polar surface area (TPSA) is 55.6 Å². The van der Waals surface area contributed by atoms with Crippen molar-refractivity contribution in [1.82, 2.24) is 19.7 Å².